The number of hydrogen-bond acceptors (Lipinski definition) is 10. The highest BCUT2D eigenvalue weighted by atomic mass is 32.1. The summed E-state index contributed by atoms with van der Waals surface area (Å²) in [6, 6.07) is 13.0. The number of allylic oxidation sites excluding steroid dienone is 1. The third-order valence-corrected chi connectivity index (χ3v) is 8.77. The topological polar surface area (TPSA) is 127 Å². The van der Waals surface area contributed by atoms with Crippen molar-refractivity contribution in [3.63, 3.8) is 0 Å². The van der Waals surface area contributed by atoms with E-state index in [1.807, 2.05) is 68.4 Å². The number of pyridine rings is 1. The van der Waals surface area contributed by atoms with Gasteiger partial charge in [-0.3, -0.25) is 4.79 Å². The number of amides is 2. The van der Waals surface area contributed by atoms with Crippen LogP contribution in [0.15, 0.2) is 64.5 Å². The first-order chi connectivity index (χ1) is 21.7. The molecule has 0 bridgehead atoms. The summed E-state index contributed by atoms with van der Waals surface area (Å²) in [5, 5.41) is 14.6. The molecule has 1 aromatic carbocycles. The Morgan fingerprint density at radius 2 is 1.89 bits per heavy atom. The van der Waals surface area contributed by atoms with E-state index in [1.54, 1.807) is 49.1 Å². The van der Waals surface area contributed by atoms with E-state index >= 15 is 0 Å². The molecule has 5 rings (SSSR count). The molecule has 1 aliphatic rings. The van der Waals surface area contributed by atoms with Gasteiger partial charge in [0.1, 0.15) is 27.7 Å². The molecule has 1 saturated heterocycles. The predicted molar refractivity (Wildman–Crippen MR) is 177 cm³/mol. The highest BCUT2D eigenvalue weighted by molar-refractivity contribution is 7.09. The summed E-state index contributed by atoms with van der Waals surface area (Å²) in [6.45, 7) is 15.7. The maximum absolute atomic E-state index is 14.1. The van der Waals surface area contributed by atoms with Crippen molar-refractivity contribution < 1.29 is 18.7 Å². The quantitative estimate of drug-likeness (QED) is 0.209. The van der Waals surface area contributed by atoms with Gasteiger partial charge in [0.2, 0.25) is 5.89 Å². The van der Waals surface area contributed by atoms with Crippen LogP contribution in [0.25, 0.3) is 11.6 Å². The first-order valence-corrected chi connectivity index (χ1v) is 16.1. The molecule has 1 fully saturated rings. The fourth-order valence-corrected chi connectivity index (χ4v) is 6.27. The van der Waals surface area contributed by atoms with Gasteiger partial charge in [-0.2, -0.15) is 0 Å². The van der Waals surface area contributed by atoms with Crippen molar-refractivity contribution in [3.8, 4) is 11.6 Å². The maximum atomic E-state index is 14.1. The number of carbonyl (C=O) groups is 2. The molecule has 0 spiro atoms. The fourth-order valence-electron chi connectivity index (χ4n) is 5.33. The Morgan fingerprint density at radius 1 is 1.15 bits per heavy atom. The van der Waals surface area contributed by atoms with Crippen LogP contribution in [0.1, 0.15) is 86.0 Å². The SMILES string of the molecule is C=C(C)N(C)c1cc(C(=O)N2CCCC2c2nc(C)cs2)cc(-c2nnc(C(C)(Cc3ccccc3)NC(=O)OC(C)(C)C)o2)n1. The molecular formula is C34H41N7O4S. The number of aryl methyl sites for hydroxylation is 1. The van der Waals surface area contributed by atoms with Crippen LogP contribution in [0.3, 0.4) is 0 Å². The lowest BCUT2D eigenvalue weighted by molar-refractivity contribution is 0.0443. The molecule has 1 N–H and O–H groups in total. The highest BCUT2D eigenvalue weighted by Crippen LogP contribution is 2.36. The zero-order valence-corrected chi connectivity index (χ0v) is 28.3. The Balaban J connectivity index is 1.52. The molecule has 12 heteroatoms. The minimum absolute atomic E-state index is 0.0854. The number of ether oxygens (including phenoxy) is 1. The number of benzene rings is 1. The second-order valence-corrected chi connectivity index (χ2v) is 13.8. The molecule has 2 atom stereocenters. The number of alkyl carbamates (subject to hydrolysis) is 1. The van der Waals surface area contributed by atoms with Gasteiger partial charge in [-0.1, -0.05) is 36.9 Å². The van der Waals surface area contributed by atoms with Gasteiger partial charge < -0.3 is 24.3 Å². The molecule has 0 aliphatic carbocycles. The monoisotopic (exact) mass is 643 g/mol. The van der Waals surface area contributed by atoms with Gasteiger partial charge in [-0.25, -0.2) is 14.8 Å². The Kier molecular flexibility index (Phi) is 9.29. The van der Waals surface area contributed by atoms with Crippen LogP contribution in [0.2, 0.25) is 0 Å². The summed E-state index contributed by atoms with van der Waals surface area (Å²) in [5.74, 6) is 0.660. The lowest BCUT2D eigenvalue weighted by Crippen LogP contribution is -2.47. The molecule has 242 valence electrons. The van der Waals surface area contributed by atoms with Crippen LogP contribution in [0.4, 0.5) is 10.6 Å². The van der Waals surface area contributed by atoms with Crippen LogP contribution in [0.5, 0.6) is 0 Å². The summed E-state index contributed by atoms with van der Waals surface area (Å²) in [7, 11) is 1.83. The molecule has 0 radical (unpaired) electrons. The Labute approximate surface area is 273 Å². The number of aromatic nitrogens is 4. The molecule has 1 aliphatic heterocycles. The molecule has 3 aromatic heterocycles. The summed E-state index contributed by atoms with van der Waals surface area (Å²) in [6.07, 6.45) is 1.49. The maximum Gasteiger partial charge on any atom is 0.408 e. The molecule has 4 heterocycles. The van der Waals surface area contributed by atoms with Gasteiger partial charge >= 0.3 is 6.09 Å². The number of nitrogens with one attached hydrogen (secondary N) is 1. The van der Waals surface area contributed by atoms with Crippen molar-refractivity contribution in [1.82, 2.24) is 30.4 Å². The minimum atomic E-state index is -1.12. The Bertz CT molecular complexity index is 1730. The van der Waals surface area contributed by atoms with E-state index in [0.717, 1.165) is 34.8 Å². The highest BCUT2D eigenvalue weighted by Gasteiger charge is 2.37. The smallest absolute Gasteiger partial charge is 0.408 e. The number of thiazole rings is 1. The number of nitrogens with zero attached hydrogens (tertiary/aromatic N) is 6. The third-order valence-electron chi connectivity index (χ3n) is 7.70. The van der Waals surface area contributed by atoms with Gasteiger partial charge in [0.15, 0.2) is 0 Å². The predicted octanol–water partition coefficient (Wildman–Crippen LogP) is 6.83. The summed E-state index contributed by atoms with van der Waals surface area (Å²) in [4.78, 5) is 40.2. The lowest BCUT2D eigenvalue weighted by atomic mass is 9.92. The molecule has 2 amide bonds. The van der Waals surface area contributed by atoms with Crippen molar-refractivity contribution >= 4 is 29.2 Å². The molecule has 0 saturated carbocycles. The van der Waals surface area contributed by atoms with Crippen LogP contribution < -0.4 is 10.2 Å². The molecular weight excluding hydrogens is 602 g/mol. The van der Waals surface area contributed by atoms with E-state index in [4.69, 9.17) is 14.1 Å². The second-order valence-electron chi connectivity index (χ2n) is 12.9. The first-order valence-electron chi connectivity index (χ1n) is 15.3. The average molecular weight is 644 g/mol. The van der Waals surface area contributed by atoms with Crippen molar-refractivity contribution in [2.24, 2.45) is 0 Å². The van der Waals surface area contributed by atoms with Crippen LogP contribution in [-0.4, -0.2) is 56.3 Å². The van der Waals surface area contributed by atoms with Gasteiger partial charge in [0.05, 0.1) is 6.04 Å². The van der Waals surface area contributed by atoms with Gasteiger partial charge in [0.25, 0.3) is 11.8 Å². The molecule has 46 heavy (non-hydrogen) atoms. The largest absolute Gasteiger partial charge is 0.444 e. The van der Waals surface area contributed by atoms with Crippen molar-refractivity contribution in [3.05, 3.63) is 87.8 Å². The van der Waals surface area contributed by atoms with E-state index in [0.29, 0.717) is 30.0 Å². The van der Waals surface area contributed by atoms with Crippen LogP contribution in [0, 0.1) is 6.92 Å². The summed E-state index contributed by atoms with van der Waals surface area (Å²) in [5.41, 5.74) is 1.58. The van der Waals surface area contributed by atoms with Gasteiger partial charge in [-0.15, -0.1) is 21.5 Å². The Hall–Kier alpha value is -4.58. The second kappa shape index (κ2) is 13.0. The standard InChI is InChI=1S/C34H41N7O4S/c1-21(2)40(8)27-18-24(30(42)41-16-12-15-26(41)29-35-22(3)20-46-29)17-25(36-27)28-38-39-31(44-28)34(7,19-23-13-10-9-11-14-23)37-32(43)45-33(4,5)6/h9-11,13-14,17-18,20,26H,1,12,15-16,19H2,2-8H3,(H,37,43). The van der Waals surface area contributed by atoms with Gasteiger partial charge in [-0.05, 0) is 72.1 Å². The molecule has 4 aromatic rings. The first kappa shape index (κ1) is 32.8. The van der Waals surface area contributed by atoms with E-state index in [9.17, 15) is 9.59 Å². The van der Waals surface area contributed by atoms with E-state index < -0.39 is 17.2 Å². The van der Waals surface area contributed by atoms with Crippen molar-refractivity contribution in [2.75, 3.05) is 18.5 Å². The van der Waals surface area contributed by atoms with Crippen molar-refractivity contribution in [1.29, 1.82) is 0 Å². The third kappa shape index (κ3) is 7.44. The van der Waals surface area contributed by atoms with Gasteiger partial charge in [0, 0.05) is 42.3 Å². The molecule has 11 nitrogen and oxygen atoms in total. The number of likely N-dealkylation sites (tertiary alicyclic amines) is 1. The van der Waals surface area contributed by atoms with E-state index in [-0.39, 0.29) is 23.7 Å². The average Bonchev–Trinajstić information content (AvgIpc) is 3.76. The normalized spacial score (nSPS) is 16.2. The minimum Gasteiger partial charge on any atom is -0.444 e. The van der Waals surface area contributed by atoms with Crippen LogP contribution in [-0.2, 0) is 16.7 Å². The Morgan fingerprint density at radius 3 is 2.54 bits per heavy atom. The zero-order chi connectivity index (χ0) is 33.2. The molecule has 2 unspecified atom stereocenters. The zero-order valence-electron chi connectivity index (χ0n) is 27.5. The summed E-state index contributed by atoms with van der Waals surface area (Å²) < 4.78 is 11.8. The fraction of sp³-hybridized carbons (Fsp3) is 0.412. The van der Waals surface area contributed by atoms with Crippen LogP contribution >= 0.6 is 11.3 Å². The van der Waals surface area contributed by atoms with E-state index in [2.05, 4.69) is 27.1 Å². The number of rotatable bonds is 9. The number of carbonyl (C=O) groups excluding carboxylic acids is 2. The number of anilines is 1. The van der Waals surface area contributed by atoms with E-state index in [1.165, 1.54) is 0 Å². The number of hydrogen-bond donors (Lipinski definition) is 1. The lowest BCUT2D eigenvalue weighted by Gasteiger charge is -2.29. The van der Waals surface area contributed by atoms with Crippen molar-refractivity contribution in [2.45, 2.75) is 78.0 Å². The summed E-state index contributed by atoms with van der Waals surface area (Å²) >= 11 is 1.58.